The molecule has 0 amide bonds. The van der Waals surface area contributed by atoms with E-state index in [9.17, 15) is 4.79 Å². The molecule has 2 bridgehead atoms. The molecule has 12 rings (SSSR count). The summed E-state index contributed by atoms with van der Waals surface area (Å²) in [6, 6.07) is 18.3. The molecule has 1 aromatic heterocycles. The first kappa shape index (κ1) is 27.2. The third kappa shape index (κ3) is 2.87. The molecule has 3 aliphatic carbocycles. The van der Waals surface area contributed by atoms with E-state index in [-0.39, 0.29) is 28.3 Å². The summed E-state index contributed by atoms with van der Waals surface area (Å²) < 4.78 is 8.44. The lowest BCUT2D eigenvalue weighted by Crippen LogP contribution is -2.76. The molecule has 6 fully saturated rings. The molecule has 1 N–H and O–H groups in total. The van der Waals surface area contributed by atoms with Gasteiger partial charge in [-0.15, -0.1) is 0 Å². The van der Waals surface area contributed by atoms with Gasteiger partial charge in [0, 0.05) is 40.3 Å². The summed E-state index contributed by atoms with van der Waals surface area (Å²) in [7, 11) is 1.61. The van der Waals surface area contributed by atoms with E-state index in [4.69, 9.17) is 4.74 Å². The molecular weight excluding hydrogens is 568 g/mol. The normalized spacial score (nSPS) is 41.4. The van der Waals surface area contributed by atoms with Gasteiger partial charge in [0.05, 0.1) is 30.7 Å². The lowest BCUT2D eigenvalue weighted by Gasteiger charge is -2.69. The molecule has 2 aromatic carbocycles. The Morgan fingerprint density at radius 1 is 0.957 bits per heavy atom. The number of hydrogen-bond donors (Lipinski definition) is 1. The Morgan fingerprint density at radius 3 is 2.72 bits per heavy atom. The van der Waals surface area contributed by atoms with E-state index in [1.165, 1.54) is 98.7 Å². The number of ether oxygens (including phenoxy) is 1. The molecule has 7 heterocycles. The first-order valence-corrected chi connectivity index (χ1v) is 18.6. The summed E-state index contributed by atoms with van der Waals surface area (Å²) in [6.07, 6.45) is 13.2. The van der Waals surface area contributed by atoms with E-state index in [0.717, 1.165) is 25.8 Å². The Balaban J connectivity index is 1.13. The van der Waals surface area contributed by atoms with Crippen molar-refractivity contribution in [2.75, 3.05) is 38.6 Å². The Kier molecular flexibility index (Phi) is 5.19. The van der Waals surface area contributed by atoms with Crippen LogP contribution in [-0.2, 0) is 21.4 Å². The van der Waals surface area contributed by atoms with Crippen LogP contribution in [0.4, 0.5) is 5.69 Å². The minimum Gasteiger partial charge on any atom is -0.469 e. The first-order valence-electron chi connectivity index (χ1n) is 18.6. The standard InChI is InChI=1S/C40H48N4O2/c1-3-37-13-6-18-42-20-12-27-26-8-4-5-9-31(26)44(33(27)34(37)42)32(24-37)25-10-11-30-28(22-25)39-17-21-43-19-7-14-38(36(39)43)15-16-40(39,41-30)29(23-38)35(45)46-2/h4-5,8-11,22,29,32,34,36,41H,3,6-7,12-21,23-24H2,1-2H3/t29-,32-,34-,36-,37+,38+,39+,40+/m0/s1. The van der Waals surface area contributed by atoms with E-state index >= 15 is 0 Å². The number of rotatable bonds is 3. The van der Waals surface area contributed by atoms with Crippen LogP contribution in [0.25, 0.3) is 10.9 Å². The van der Waals surface area contributed by atoms with Crippen LogP contribution in [-0.4, -0.2) is 65.2 Å². The van der Waals surface area contributed by atoms with E-state index in [0.29, 0.717) is 23.5 Å². The SMILES string of the molecule is CC[C@@]12CCCN3CCc4c(n(c5ccccc45)[C@H](c4ccc5c(c4)[C@@]46CCN7CCC[C@]8(CC[C@@]4(N5)[C@H](C(=O)OC)C8)[C@H]76)C1)[C@H]32. The van der Waals surface area contributed by atoms with Crippen molar-refractivity contribution in [1.29, 1.82) is 0 Å². The molecule has 8 atom stereocenters. The van der Waals surface area contributed by atoms with Crippen molar-refractivity contribution in [3.63, 3.8) is 0 Å². The van der Waals surface area contributed by atoms with Crippen LogP contribution < -0.4 is 5.32 Å². The van der Waals surface area contributed by atoms with Gasteiger partial charge in [-0.3, -0.25) is 14.6 Å². The van der Waals surface area contributed by atoms with E-state index < -0.39 is 0 Å². The smallest absolute Gasteiger partial charge is 0.311 e. The van der Waals surface area contributed by atoms with E-state index in [1.807, 2.05) is 0 Å². The topological polar surface area (TPSA) is 49.7 Å². The number of methoxy groups -OCH3 is 1. The zero-order chi connectivity index (χ0) is 30.6. The Labute approximate surface area is 272 Å². The number of fused-ring (bicyclic) bond motifs is 6. The van der Waals surface area contributed by atoms with Gasteiger partial charge in [0.25, 0.3) is 0 Å². The maximum absolute atomic E-state index is 13.7. The number of benzene rings is 2. The van der Waals surface area contributed by atoms with Crippen molar-refractivity contribution in [3.8, 4) is 0 Å². The lowest BCUT2D eigenvalue weighted by atomic mass is 9.39. The molecule has 3 saturated heterocycles. The van der Waals surface area contributed by atoms with Gasteiger partial charge in [-0.2, -0.15) is 0 Å². The number of para-hydroxylation sites is 1. The predicted molar refractivity (Wildman–Crippen MR) is 180 cm³/mol. The Morgan fingerprint density at radius 2 is 1.83 bits per heavy atom. The van der Waals surface area contributed by atoms with Gasteiger partial charge in [0.2, 0.25) is 0 Å². The molecule has 3 saturated carbocycles. The van der Waals surface area contributed by atoms with Gasteiger partial charge in [0.15, 0.2) is 0 Å². The van der Waals surface area contributed by atoms with E-state index in [1.54, 1.807) is 18.4 Å². The molecule has 6 heteroatoms. The highest BCUT2D eigenvalue weighted by atomic mass is 16.5. The highest BCUT2D eigenvalue weighted by Gasteiger charge is 2.79. The predicted octanol–water partition coefficient (Wildman–Crippen LogP) is 6.97. The molecular formula is C40H48N4O2. The van der Waals surface area contributed by atoms with Crippen molar-refractivity contribution in [3.05, 3.63) is 64.8 Å². The van der Waals surface area contributed by atoms with Gasteiger partial charge in [-0.25, -0.2) is 0 Å². The molecule has 0 radical (unpaired) electrons. The van der Waals surface area contributed by atoms with Crippen molar-refractivity contribution in [2.24, 2.45) is 16.7 Å². The van der Waals surface area contributed by atoms with E-state index in [2.05, 4.69) is 69.1 Å². The molecule has 46 heavy (non-hydrogen) atoms. The monoisotopic (exact) mass is 616 g/mol. The molecule has 9 aliphatic rings. The van der Waals surface area contributed by atoms with Crippen molar-refractivity contribution in [1.82, 2.24) is 14.4 Å². The maximum Gasteiger partial charge on any atom is 0.311 e. The quantitative estimate of drug-likeness (QED) is 0.322. The van der Waals surface area contributed by atoms with Crippen molar-refractivity contribution < 1.29 is 9.53 Å². The average Bonchev–Trinajstić information content (AvgIpc) is 3.76. The van der Waals surface area contributed by atoms with Crippen LogP contribution in [0, 0.1) is 16.7 Å². The number of nitrogens with zero attached hydrogens (tertiary/aromatic N) is 3. The molecule has 240 valence electrons. The van der Waals surface area contributed by atoms with Crippen molar-refractivity contribution in [2.45, 2.75) is 107 Å². The van der Waals surface area contributed by atoms with Crippen LogP contribution in [0.3, 0.4) is 0 Å². The van der Waals surface area contributed by atoms with Gasteiger partial charge in [0.1, 0.15) is 0 Å². The van der Waals surface area contributed by atoms with Crippen LogP contribution in [0.1, 0.15) is 106 Å². The second-order valence-electron chi connectivity index (χ2n) is 16.8. The minimum atomic E-state index is -0.245. The van der Waals surface area contributed by atoms with Crippen LogP contribution >= 0.6 is 0 Å². The Bertz CT molecular complexity index is 1830. The third-order valence-corrected chi connectivity index (χ3v) is 15.7. The van der Waals surface area contributed by atoms with Crippen LogP contribution in [0.5, 0.6) is 0 Å². The zero-order valence-corrected chi connectivity index (χ0v) is 27.6. The first-order chi connectivity index (χ1) is 22.5. The zero-order valence-electron chi connectivity index (χ0n) is 27.6. The minimum absolute atomic E-state index is 0.0111. The summed E-state index contributed by atoms with van der Waals surface area (Å²) in [4.78, 5) is 19.4. The lowest BCUT2D eigenvalue weighted by molar-refractivity contribution is -0.171. The number of piperidine rings is 2. The number of carbonyl (C=O) groups is 1. The largest absolute Gasteiger partial charge is 0.469 e. The number of aromatic nitrogens is 1. The highest BCUT2D eigenvalue weighted by Crippen LogP contribution is 2.74. The fourth-order valence-electron chi connectivity index (χ4n) is 14.3. The molecule has 3 spiro atoms. The number of anilines is 1. The Hall–Kier alpha value is -2.83. The number of nitrogens with one attached hydrogen (secondary N) is 1. The molecule has 0 unspecified atom stereocenters. The molecule has 6 nitrogen and oxygen atoms in total. The van der Waals surface area contributed by atoms with Crippen molar-refractivity contribution >= 4 is 22.6 Å². The number of hydrogen-bond acceptors (Lipinski definition) is 5. The summed E-state index contributed by atoms with van der Waals surface area (Å²) in [5.41, 5.74) is 9.27. The molecule has 6 aliphatic heterocycles. The summed E-state index contributed by atoms with van der Waals surface area (Å²) in [5.74, 6) is -0.0687. The molecule has 3 aromatic rings. The number of carbonyl (C=O) groups excluding carboxylic acids is 1. The third-order valence-electron chi connectivity index (χ3n) is 15.7. The van der Waals surface area contributed by atoms with Crippen LogP contribution in [0.2, 0.25) is 0 Å². The maximum atomic E-state index is 13.7. The fourth-order valence-corrected chi connectivity index (χ4v) is 14.3. The second-order valence-corrected chi connectivity index (χ2v) is 16.8. The van der Waals surface area contributed by atoms with Gasteiger partial charge in [-0.1, -0.05) is 37.3 Å². The average molecular weight is 617 g/mol. The summed E-state index contributed by atoms with van der Waals surface area (Å²) in [6.45, 7) is 7.29. The van der Waals surface area contributed by atoms with Gasteiger partial charge < -0.3 is 14.6 Å². The van der Waals surface area contributed by atoms with Crippen LogP contribution in [0.15, 0.2) is 42.5 Å². The fraction of sp³-hybridized carbons (Fsp3) is 0.625. The second kappa shape index (κ2) is 8.79. The highest BCUT2D eigenvalue weighted by molar-refractivity contribution is 5.87. The summed E-state index contributed by atoms with van der Waals surface area (Å²) >= 11 is 0. The number of esters is 1. The van der Waals surface area contributed by atoms with Gasteiger partial charge >= 0.3 is 5.97 Å². The summed E-state index contributed by atoms with van der Waals surface area (Å²) in [5, 5.41) is 5.66. The van der Waals surface area contributed by atoms with Gasteiger partial charge in [-0.05, 0) is 130 Å².